The lowest BCUT2D eigenvalue weighted by Crippen LogP contribution is -2.12. The number of amides is 1. The maximum Gasteiger partial charge on any atom is 0.207 e. The van der Waals surface area contributed by atoms with E-state index >= 15 is 0 Å². The SMILES string of the molecule is Cc1[nH]c2ccc(O)cc2c1CCCNC=O. The summed E-state index contributed by atoms with van der Waals surface area (Å²) >= 11 is 0. The Hall–Kier alpha value is -1.97. The van der Waals surface area contributed by atoms with Crippen molar-refractivity contribution in [1.29, 1.82) is 0 Å². The molecular weight excluding hydrogens is 216 g/mol. The number of hydrogen-bond acceptors (Lipinski definition) is 2. The van der Waals surface area contributed by atoms with Gasteiger partial charge < -0.3 is 15.4 Å². The van der Waals surface area contributed by atoms with Crippen LogP contribution in [0.4, 0.5) is 0 Å². The van der Waals surface area contributed by atoms with Crippen molar-refractivity contribution in [3.8, 4) is 5.75 Å². The smallest absolute Gasteiger partial charge is 0.207 e. The van der Waals surface area contributed by atoms with E-state index in [1.165, 1.54) is 5.56 Å². The minimum absolute atomic E-state index is 0.281. The summed E-state index contributed by atoms with van der Waals surface area (Å²) in [4.78, 5) is 13.4. The van der Waals surface area contributed by atoms with Crippen LogP contribution >= 0.6 is 0 Å². The van der Waals surface area contributed by atoms with E-state index in [1.807, 2.05) is 13.0 Å². The topological polar surface area (TPSA) is 65.1 Å². The number of benzene rings is 1. The van der Waals surface area contributed by atoms with Crippen LogP contribution in [0.15, 0.2) is 18.2 Å². The Balaban J connectivity index is 2.22. The first-order valence-corrected chi connectivity index (χ1v) is 5.69. The van der Waals surface area contributed by atoms with Gasteiger partial charge >= 0.3 is 0 Å². The fourth-order valence-electron chi connectivity index (χ4n) is 2.12. The lowest BCUT2D eigenvalue weighted by atomic mass is 10.1. The summed E-state index contributed by atoms with van der Waals surface area (Å²) in [6, 6.07) is 5.34. The molecule has 0 atom stereocenters. The predicted molar refractivity (Wildman–Crippen MR) is 67.1 cm³/mol. The molecule has 0 aliphatic rings. The molecule has 4 heteroatoms. The van der Waals surface area contributed by atoms with Gasteiger partial charge in [-0.1, -0.05) is 0 Å². The van der Waals surface area contributed by atoms with Gasteiger partial charge in [0.25, 0.3) is 0 Å². The zero-order valence-corrected chi connectivity index (χ0v) is 9.79. The number of nitrogens with one attached hydrogen (secondary N) is 2. The largest absolute Gasteiger partial charge is 0.508 e. The quantitative estimate of drug-likeness (QED) is 0.544. The number of carbonyl (C=O) groups excluding carboxylic acids is 1. The number of aromatic amines is 1. The van der Waals surface area contributed by atoms with Crippen LogP contribution in [0.1, 0.15) is 17.7 Å². The van der Waals surface area contributed by atoms with Gasteiger partial charge in [0.05, 0.1) is 0 Å². The Labute approximate surface area is 99.7 Å². The minimum Gasteiger partial charge on any atom is -0.508 e. The Kier molecular flexibility index (Phi) is 3.32. The van der Waals surface area contributed by atoms with E-state index in [2.05, 4.69) is 10.3 Å². The van der Waals surface area contributed by atoms with Gasteiger partial charge in [-0.15, -0.1) is 0 Å². The first kappa shape index (κ1) is 11.5. The fourth-order valence-corrected chi connectivity index (χ4v) is 2.12. The second-order valence-electron chi connectivity index (χ2n) is 4.13. The molecule has 2 rings (SSSR count). The van der Waals surface area contributed by atoms with Crippen molar-refractivity contribution in [2.24, 2.45) is 0 Å². The molecule has 0 unspecified atom stereocenters. The minimum atomic E-state index is 0.281. The van der Waals surface area contributed by atoms with Gasteiger partial charge in [0.1, 0.15) is 5.75 Å². The van der Waals surface area contributed by atoms with Crippen LogP contribution in [-0.2, 0) is 11.2 Å². The van der Waals surface area contributed by atoms with E-state index in [0.717, 1.165) is 29.4 Å². The second kappa shape index (κ2) is 4.91. The first-order valence-electron chi connectivity index (χ1n) is 5.69. The maximum absolute atomic E-state index is 10.1. The number of aromatic hydroxyl groups is 1. The highest BCUT2D eigenvalue weighted by Gasteiger charge is 2.08. The molecule has 17 heavy (non-hydrogen) atoms. The highest BCUT2D eigenvalue weighted by Crippen LogP contribution is 2.26. The van der Waals surface area contributed by atoms with Gasteiger partial charge in [0.15, 0.2) is 0 Å². The Morgan fingerprint density at radius 2 is 2.29 bits per heavy atom. The van der Waals surface area contributed by atoms with Crippen molar-refractivity contribution in [1.82, 2.24) is 10.3 Å². The normalized spacial score (nSPS) is 10.6. The van der Waals surface area contributed by atoms with Crippen molar-refractivity contribution in [3.63, 3.8) is 0 Å². The van der Waals surface area contributed by atoms with Crippen molar-refractivity contribution >= 4 is 17.3 Å². The summed E-state index contributed by atoms with van der Waals surface area (Å²) in [6.45, 7) is 2.70. The molecule has 0 fully saturated rings. The van der Waals surface area contributed by atoms with E-state index in [4.69, 9.17) is 0 Å². The summed E-state index contributed by atoms with van der Waals surface area (Å²) in [5.74, 6) is 0.281. The molecule has 1 aromatic heterocycles. The summed E-state index contributed by atoms with van der Waals surface area (Å²) in [5, 5.41) is 13.2. The van der Waals surface area contributed by atoms with Crippen LogP contribution in [-0.4, -0.2) is 23.0 Å². The molecule has 0 spiro atoms. The number of phenolic OH excluding ortho intramolecular Hbond substituents is 1. The average molecular weight is 232 g/mol. The average Bonchev–Trinajstić information content (AvgIpc) is 2.61. The van der Waals surface area contributed by atoms with Gasteiger partial charge in [0, 0.05) is 23.1 Å². The molecule has 1 amide bonds. The van der Waals surface area contributed by atoms with Crippen LogP contribution < -0.4 is 5.32 Å². The van der Waals surface area contributed by atoms with E-state index in [1.54, 1.807) is 12.1 Å². The number of carbonyl (C=O) groups is 1. The monoisotopic (exact) mass is 232 g/mol. The molecule has 3 N–H and O–H groups in total. The molecule has 1 heterocycles. The van der Waals surface area contributed by atoms with E-state index < -0.39 is 0 Å². The molecular formula is C13H16N2O2. The Bertz CT molecular complexity index is 531. The molecule has 2 aromatic rings. The molecule has 90 valence electrons. The molecule has 1 aromatic carbocycles. The van der Waals surface area contributed by atoms with Gasteiger partial charge in [-0.25, -0.2) is 0 Å². The zero-order chi connectivity index (χ0) is 12.3. The van der Waals surface area contributed by atoms with Crippen molar-refractivity contribution < 1.29 is 9.90 Å². The molecule has 4 nitrogen and oxygen atoms in total. The molecule has 0 aliphatic carbocycles. The van der Waals surface area contributed by atoms with Crippen LogP contribution in [0.3, 0.4) is 0 Å². The Morgan fingerprint density at radius 3 is 3.06 bits per heavy atom. The summed E-state index contributed by atoms with van der Waals surface area (Å²) in [5.41, 5.74) is 3.37. The number of rotatable bonds is 5. The lowest BCUT2D eigenvalue weighted by Gasteiger charge is -2.01. The number of H-pyrrole nitrogens is 1. The van der Waals surface area contributed by atoms with E-state index in [9.17, 15) is 9.90 Å². The zero-order valence-electron chi connectivity index (χ0n) is 9.79. The number of aromatic nitrogens is 1. The summed E-state index contributed by atoms with van der Waals surface area (Å²) in [7, 11) is 0. The van der Waals surface area contributed by atoms with Crippen LogP contribution in [0.2, 0.25) is 0 Å². The van der Waals surface area contributed by atoms with Crippen LogP contribution in [0.5, 0.6) is 5.75 Å². The van der Waals surface area contributed by atoms with Gasteiger partial charge in [-0.2, -0.15) is 0 Å². The Morgan fingerprint density at radius 1 is 1.47 bits per heavy atom. The van der Waals surface area contributed by atoms with Gasteiger partial charge in [-0.3, -0.25) is 4.79 Å². The third-order valence-electron chi connectivity index (χ3n) is 2.93. The van der Waals surface area contributed by atoms with E-state index in [0.29, 0.717) is 13.0 Å². The molecule has 0 saturated heterocycles. The third-order valence-corrected chi connectivity index (χ3v) is 2.93. The first-order chi connectivity index (χ1) is 8.22. The van der Waals surface area contributed by atoms with Crippen LogP contribution in [0.25, 0.3) is 10.9 Å². The molecule has 0 bridgehead atoms. The summed E-state index contributed by atoms with van der Waals surface area (Å²) in [6.07, 6.45) is 2.49. The lowest BCUT2D eigenvalue weighted by molar-refractivity contribution is -0.109. The number of fused-ring (bicyclic) bond motifs is 1. The number of phenols is 1. The highest BCUT2D eigenvalue weighted by atomic mass is 16.3. The van der Waals surface area contributed by atoms with Crippen molar-refractivity contribution in [3.05, 3.63) is 29.5 Å². The highest BCUT2D eigenvalue weighted by molar-refractivity contribution is 5.85. The summed E-state index contributed by atoms with van der Waals surface area (Å²) < 4.78 is 0. The fraction of sp³-hybridized carbons (Fsp3) is 0.308. The van der Waals surface area contributed by atoms with E-state index in [-0.39, 0.29) is 5.75 Å². The van der Waals surface area contributed by atoms with Crippen molar-refractivity contribution in [2.45, 2.75) is 19.8 Å². The second-order valence-corrected chi connectivity index (χ2v) is 4.13. The predicted octanol–water partition coefficient (Wildman–Crippen LogP) is 1.86. The number of aryl methyl sites for hydroxylation is 2. The van der Waals surface area contributed by atoms with Crippen LogP contribution in [0, 0.1) is 6.92 Å². The van der Waals surface area contributed by atoms with Crippen molar-refractivity contribution in [2.75, 3.05) is 6.54 Å². The maximum atomic E-state index is 10.1. The standard InChI is InChI=1S/C13H16N2O2/c1-9-11(3-2-6-14-8-16)12-7-10(17)4-5-13(12)15-9/h4-5,7-8,15,17H,2-3,6H2,1H3,(H,14,16). The van der Waals surface area contributed by atoms with Gasteiger partial charge in [-0.05, 0) is 43.5 Å². The molecule has 0 saturated carbocycles. The molecule has 0 aliphatic heterocycles. The number of hydrogen-bond donors (Lipinski definition) is 3. The third kappa shape index (κ3) is 2.41. The molecule has 0 radical (unpaired) electrons. The van der Waals surface area contributed by atoms with Gasteiger partial charge in [0.2, 0.25) is 6.41 Å².